The number of fused-ring (bicyclic) bond motifs is 3. The zero-order chi connectivity index (χ0) is 20.7. The summed E-state index contributed by atoms with van der Waals surface area (Å²) in [5.74, 6) is 2.14. The lowest BCUT2D eigenvalue weighted by atomic mass is 10.2. The highest BCUT2D eigenvalue weighted by Crippen LogP contribution is 2.30. The molecule has 10 heteroatoms. The number of aryl methyl sites for hydroxylation is 1. The van der Waals surface area contributed by atoms with Crippen LogP contribution in [0.15, 0.2) is 67.4 Å². The number of benzene rings is 2. The Morgan fingerprint density at radius 1 is 1.03 bits per heavy atom. The van der Waals surface area contributed by atoms with Crippen molar-refractivity contribution in [1.29, 1.82) is 0 Å². The molecule has 8 nitrogen and oxygen atoms in total. The van der Waals surface area contributed by atoms with Crippen molar-refractivity contribution in [3.63, 3.8) is 0 Å². The predicted octanol–water partition coefficient (Wildman–Crippen LogP) is 4.17. The first-order valence-electron chi connectivity index (χ1n) is 9.24. The molecule has 0 N–H and O–H groups in total. The van der Waals surface area contributed by atoms with Crippen molar-refractivity contribution < 1.29 is 4.42 Å². The van der Waals surface area contributed by atoms with Gasteiger partial charge < -0.3 is 4.42 Å². The number of nitrogens with zero attached hydrogens (tertiary/aromatic N) is 6. The molecule has 0 spiro atoms. The van der Waals surface area contributed by atoms with E-state index in [4.69, 9.17) is 4.42 Å². The third-order valence-electron chi connectivity index (χ3n) is 4.73. The molecule has 5 aromatic rings. The van der Waals surface area contributed by atoms with Gasteiger partial charge in [0.15, 0.2) is 0 Å². The quantitative estimate of drug-likeness (QED) is 0.347. The molecule has 0 aliphatic rings. The molecule has 0 amide bonds. The van der Waals surface area contributed by atoms with Gasteiger partial charge in [-0.05, 0) is 47.1 Å². The molecule has 2 aromatic carbocycles. The first-order chi connectivity index (χ1) is 14.7. The van der Waals surface area contributed by atoms with Crippen LogP contribution in [0.1, 0.15) is 12.7 Å². The van der Waals surface area contributed by atoms with Crippen molar-refractivity contribution in [2.24, 2.45) is 0 Å². The molecule has 5 rings (SSSR count). The summed E-state index contributed by atoms with van der Waals surface area (Å²) >= 11 is 4.87. The Kier molecular flexibility index (Phi) is 4.87. The molecule has 3 aromatic heterocycles. The number of rotatable bonds is 5. The zero-order valence-electron chi connectivity index (χ0n) is 15.8. The van der Waals surface area contributed by atoms with Gasteiger partial charge in [-0.3, -0.25) is 13.8 Å². The SMILES string of the molecule is CCn1c(=O)c2ccccc2n2c(CSc3nnc(-c4ccccc4Br)o3)nnc12. The van der Waals surface area contributed by atoms with E-state index >= 15 is 0 Å². The average Bonchev–Trinajstić information content (AvgIpc) is 3.40. The van der Waals surface area contributed by atoms with Crippen LogP contribution in [-0.4, -0.2) is 29.4 Å². The van der Waals surface area contributed by atoms with Crippen LogP contribution in [0.25, 0.3) is 28.1 Å². The van der Waals surface area contributed by atoms with Crippen LogP contribution in [0, 0.1) is 0 Å². The number of aromatic nitrogens is 6. The van der Waals surface area contributed by atoms with Gasteiger partial charge >= 0.3 is 0 Å². The van der Waals surface area contributed by atoms with E-state index in [9.17, 15) is 4.79 Å². The summed E-state index contributed by atoms with van der Waals surface area (Å²) in [5, 5.41) is 17.9. The van der Waals surface area contributed by atoms with Crippen molar-refractivity contribution in [2.75, 3.05) is 0 Å². The lowest BCUT2D eigenvalue weighted by Crippen LogP contribution is -2.22. The second-order valence-electron chi connectivity index (χ2n) is 6.46. The first kappa shape index (κ1) is 19.0. The molecule has 0 bridgehead atoms. The highest BCUT2D eigenvalue weighted by atomic mass is 79.9. The third-order valence-corrected chi connectivity index (χ3v) is 6.23. The van der Waals surface area contributed by atoms with Crippen LogP contribution in [-0.2, 0) is 12.3 Å². The van der Waals surface area contributed by atoms with Crippen LogP contribution in [0.4, 0.5) is 0 Å². The summed E-state index contributed by atoms with van der Waals surface area (Å²) in [6.07, 6.45) is 0. The van der Waals surface area contributed by atoms with Crippen LogP contribution in [0.3, 0.4) is 0 Å². The molecular weight excluding hydrogens is 468 g/mol. The van der Waals surface area contributed by atoms with Crippen molar-refractivity contribution in [3.05, 3.63) is 69.2 Å². The van der Waals surface area contributed by atoms with Crippen molar-refractivity contribution >= 4 is 44.4 Å². The summed E-state index contributed by atoms with van der Waals surface area (Å²) in [4.78, 5) is 12.8. The second-order valence-corrected chi connectivity index (χ2v) is 8.24. The Hall–Kier alpha value is -2.98. The maximum absolute atomic E-state index is 12.8. The molecule has 3 heterocycles. The number of hydrogen-bond acceptors (Lipinski definition) is 7. The summed E-state index contributed by atoms with van der Waals surface area (Å²) in [6.45, 7) is 2.43. The van der Waals surface area contributed by atoms with E-state index in [2.05, 4.69) is 36.3 Å². The molecule has 0 atom stereocenters. The first-order valence-corrected chi connectivity index (χ1v) is 11.0. The van der Waals surface area contributed by atoms with Gasteiger partial charge in [0.2, 0.25) is 11.7 Å². The van der Waals surface area contributed by atoms with E-state index < -0.39 is 0 Å². The lowest BCUT2D eigenvalue weighted by molar-refractivity contribution is 0.465. The fourth-order valence-corrected chi connectivity index (χ4v) is 4.46. The summed E-state index contributed by atoms with van der Waals surface area (Å²) < 4.78 is 10.2. The molecule has 30 heavy (non-hydrogen) atoms. The van der Waals surface area contributed by atoms with E-state index in [1.807, 2.05) is 59.9 Å². The highest BCUT2D eigenvalue weighted by molar-refractivity contribution is 9.10. The number of para-hydroxylation sites is 1. The minimum atomic E-state index is -0.0674. The third kappa shape index (κ3) is 3.12. The molecule has 0 saturated carbocycles. The molecule has 0 aliphatic heterocycles. The van der Waals surface area contributed by atoms with Crippen LogP contribution in [0.5, 0.6) is 0 Å². The Labute approximate surface area is 183 Å². The number of halogens is 1. The molecule has 0 fully saturated rings. The van der Waals surface area contributed by atoms with Gasteiger partial charge in [0.1, 0.15) is 5.82 Å². The maximum atomic E-state index is 12.8. The molecular formula is C20H15BrN6O2S. The smallest absolute Gasteiger partial charge is 0.277 e. The standard InChI is InChI=1S/C20H15BrN6O2S/c1-2-26-18(28)13-8-4-6-10-15(13)27-16(22-24-19(26)27)11-30-20-25-23-17(29-20)12-7-3-5-9-14(12)21/h3-10H,2,11H2,1H3. The lowest BCUT2D eigenvalue weighted by Gasteiger charge is -2.09. The van der Waals surface area contributed by atoms with E-state index in [1.54, 1.807) is 4.57 Å². The van der Waals surface area contributed by atoms with Crippen molar-refractivity contribution in [1.82, 2.24) is 29.4 Å². The fourth-order valence-electron chi connectivity index (χ4n) is 3.33. The minimum Gasteiger partial charge on any atom is -0.411 e. The predicted molar refractivity (Wildman–Crippen MR) is 117 cm³/mol. The van der Waals surface area contributed by atoms with Crippen LogP contribution < -0.4 is 5.56 Å². The highest BCUT2D eigenvalue weighted by Gasteiger charge is 2.17. The van der Waals surface area contributed by atoms with Crippen LogP contribution in [0.2, 0.25) is 0 Å². The summed E-state index contributed by atoms with van der Waals surface area (Å²) in [5.41, 5.74) is 1.55. The van der Waals surface area contributed by atoms with Gasteiger partial charge in [-0.1, -0.05) is 36.0 Å². The van der Waals surface area contributed by atoms with Gasteiger partial charge in [-0.15, -0.1) is 20.4 Å². The largest absolute Gasteiger partial charge is 0.411 e. The maximum Gasteiger partial charge on any atom is 0.277 e. The monoisotopic (exact) mass is 482 g/mol. The minimum absolute atomic E-state index is 0.0674. The number of hydrogen-bond donors (Lipinski definition) is 0. The van der Waals surface area contributed by atoms with Crippen LogP contribution >= 0.6 is 27.7 Å². The van der Waals surface area contributed by atoms with E-state index in [0.29, 0.717) is 40.4 Å². The van der Waals surface area contributed by atoms with E-state index in [0.717, 1.165) is 15.6 Å². The Morgan fingerprint density at radius 2 is 1.83 bits per heavy atom. The van der Waals surface area contributed by atoms with Crippen molar-refractivity contribution in [3.8, 4) is 11.5 Å². The Bertz CT molecular complexity index is 1440. The Balaban J connectivity index is 1.51. The topological polar surface area (TPSA) is 91.1 Å². The van der Waals surface area contributed by atoms with Gasteiger partial charge in [0.05, 0.1) is 22.2 Å². The second kappa shape index (κ2) is 7.69. The van der Waals surface area contributed by atoms with E-state index in [-0.39, 0.29) is 5.56 Å². The summed E-state index contributed by atoms with van der Waals surface area (Å²) in [7, 11) is 0. The molecule has 150 valence electrons. The normalized spacial score (nSPS) is 11.5. The van der Waals surface area contributed by atoms with Gasteiger partial charge in [0.25, 0.3) is 10.8 Å². The molecule has 0 radical (unpaired) electrons. The molecule has 0 aliphatic carbocycles. The molecule has 0 saturated heterocycles. The van der Waals surface area contributed by atoms with Crippen molar-refractivity contribution in [2.45, 2.75) is 24.4 Å². The Morgan fingerprint density at radius 3 is 2.67 bits per heavy atom. The zero-order valence-corrected chi connectivity index (χ0v) is 18.2. The van der Waals surface area contributed by atoms with Gasteiger partial charge in [0, 0.05) is 11.0 Å². The van der Waals surface area contributed by atoms with E-state index in [1.165, 1.54) is 11.8 Å². The average molecular weight is 483 g/mol. The van der Waals surface area contributed by atoms with Gasteiger partial charge in [-0.2, -0.15) is 0 Å². The van der Waals surface area contributed by atoms with Gasteiger partial charge in [-0.25, -0.2) is 0 Å². The molecule has 0 unspecified atom stereocenters. The fraction of sp³-hybridized carbons (Fsp3) is 0.150. The summed E-state index contributed by atoms with van der Waals surface area (Å²) in [6, 6.07) is 15.2. The number of thioether (sulfide) groups is 1.